The van der Waals surface area contributed by atoms with Gasteiger partial charge < -0.3 is 40.3 Å². The maximum absolute atomic E-state index is 15.3. The first-order valence-electron chi connectivity index (χ1n) is 25.7. The molecule has 9 rings (SSSR count). The first-order valence-corrected chi connectivity index (χ1v) is 25.7. The number of nitrogens with one attached hydrogen (secondary N) is 4. The molecule has 6 fully saturated rings. The van der Waals surface area contributed by atoms with Gasteiger partial charge in [-0.15, -0.1) is 0 Å². The molecule has 20 heteroatoms. The number of hydrogen-bond donors (Lipinski definition) is 4. The smallest absolute Gasteiger partial charge is 0.343 e. The molecule has 3 aromatic rings. The SMILES string of the molecule is CCOC(=O)c1cnc(Nc2cnn(C)c2)nc1NC1CCC(N2CCN(CC3CCC(C(=O)N4CCC(C(=O)N5CCN(c6ccc(NC7CCC(=O)NC7=O)cc6F)CC5)CC4)CC3)CC2)CC1. The Morgan fingerprint density at radius 1 is 0.786 bits per heavy atom. The summed E-state index contributed by atoms with van der Waals surface area (Å²) in [6.07, 6.45) is 15.2. The van der Waals surface area contributed by atoms with Gasteiger partial charge in [0.15, 0.2) is 0 Å². The number of halogens is 1. The van der Waals surface area contributed by atoms with Crippen LogP contribution in [0.15, 0.2) is 36.8 Å². The Morgan fingerprint density at radius 2 is 1.49 bits per heavy atom. The maximum Gasteiger partial charge on any atom is 0.343 e. The van der Waals surface area contributed by atoms with Gasteiger partial charge in [0.25, 0.3) is 0 Å². The van der Waals surface area contributed by atoms with Crippen molar-refractivity contribution in [3.8, 4) is 0 Å². The Hall–Kier alpha value is -5.89. The second kappa shape index (κ2) is 22.5. The second-order valence-electron chi connectivity index (χ2n) is 20.1. The quantitative estimate of drug-likeness (QED) is 0.132. The van der Waals surface area contributed by atoms with Gasteiger partial charge in [0.05, 0.1) is 24.2 Å². The highest BCUT2D eigenvalue weighted by molar-refractivity contribution is 6.01. The molecular formula is C50H70FN13O6. The van der Waals surface area contributed by atoms with Gasteiger partial charge in [-0.1, -0.05) is 0 Å². The number of nitrogens with zero attached hydrogens (tertiary/aromatic N) is 9. The lowest BCUT2D eigenvalue weighted by atomic mass is 9.80. The summed E-state index contributed by atoms with van der Waals surface area (Å²) in [6.45, 7) is 10.7. The van der Waals surface area contributed by atoms with E-state index in [-0.39, 0.29) is 48.6 Å². The van der Waals surface area contributed by atoms with Crippen LogP contribution < -0.4 is 26.2 Å². The molecule has 4 aliphatic heterocycles. The Balaban J connectivity index is 0.649. The van der Waals surface area contributed by atoms with Crippen molar-refractivity contribution in [2.24, 2.45) is 24.8 Å². The number of piperidine rings is 2. The largest absolute Gasteiger partial charge is 0.462 e. The molecule has 4 saturated heterocycles. The Morgan fingerprint density at radius 3 is 2.14 bits per heavy atom. The molecule has 378 valence electrons. The molecule has 4 N–H and O–H groups in total. The van der Waals surface area contributed by atoms with E-state index in [0.717, 1.165) is 89.8 Å². The van der Waals surface area contributed by atoms with Crippen LogP contribution in [0.5, 0.6) is 0 Å². The first-order chi connectivity index (χ1) is 34.0. The Kier molecular flexibility index (Phi) is 15.8. The van der Waals surface area contributed by atoms with E-state index in [4.69, 9.17) is 4.74 Å². The van der Waals surface area contributed by atoms with E-state index in [1.807, 2.05) is 27.9 Å². The standard InChI is InChI=1S/C50H70FN13O6/c1-3-70-49(69)40-30-52-50(56-38-29-53-59(2)32-38)58-45(40)55-36-8-11-39(12-9-36)61-22-20-60(21-23-61)31-33-4-6-34(7-5-33)47(67)63-18-16-35(17-19-63)48(68)64-26-24-62(25-27-64)43-14-10-37(28-41(43)51)54-42-13-15-44(65)57-46(42)66/h10,14,28-30,32-36,39,42,54H,3-9,11-13,15-27,31H2,1-2H3,(H,57,65,66)(H2,52,55,56,58). The van der Waals surface area contributed by atoms with Gasteiger partial charge >= 0.3 is 5.97 Å². The van der Waals surface area contributed by atoms with Gasteiger partial charge in [-0.2, -0.15) is 10.1 Å². The van der Waals surface area contributed by atoms with E-state index >= 15 is 4.39 Å². The fourth-order valence-corrected chi connectivity index (χ4v) is 11.5. The van der Waals surface area contributed by atoms with Crippen molar-refractivity contribution >= 4 is 58.4 Å². The Bertz CT molecular complexity index is 2330. The average Bonchev–Trinajstić information content (AvgIpc) is 3.79. The highest BCUT2D eigenvalue weighted by Crippen LogP contribution is 2.34. The van der Waals surface area contributed by atoms with Crippen molar-refractivity contribution in [3.63, 3.8) is 0 Å². The summed E-state index contributed by atoms with van der Waals surface area (Å²) in [7, 11) is 1.84. The third kappa shape index (κ3) is 12.0. The van der Waals surface area contributed by atoms with E-state index in [1.165, 1.54) is 12.3 Å². The molecular weight excluding hydrogens is 898 g/mol. The van der Waals surface area contributed by atoms with Crippen LogP contribution in [0, 0.1) is 23.6 Å². The molecule has 0 radical (unpaired) electrons. The summed E-state index contributed by atoms with van der Waals surface area (Å²) in [5.74, 6) is 0.290. The summed E-state index contributed by atoms with van der Waals surface area (Å²) in [5, 5.41) is 16.3. The number of hydrogen-bond acceptors (Lipinski definition) is 15. The third-order valence-corrected chi connectivity index (χ3v) is 15.5. The van der Waals surface area contributed by atoms with Crippen LogP contribution in [-0.2, 0) is 31.0 Å². The number of ether oxygens (including phenoxy) is 1. The molecule has 1 unspecified atom stereocenters. The lowest BCUT2D eigenvalue weighted by Crippen LogP contribution is -2.53. The van der Waals surface area contributed by atoms with Crippen molar-refractivity contribution in [2.45, 2.75) is 102 Å². The lowest BCUT2D eigenvalue weighted by Gasteiger charge is -2.43. The monoisotopic (exact) mass is 968 g/mol. The lowest BCUT2D eigenvalue weighted by molar-refractivity contribution is -0.143. The zero-order chi connectivity index (χ0) is 48.7. The summed E-state index contributed by atoms with van der Waals surface area (Å²) in [4.78, 5) is 84.0. The van der Waals surface area contributed by atoms with Crippen LogP contribution in [0.2, 0.25) is 0 Å². The van der Waals surface area contributed by atoms with Crippen LogP contribution in [0.25, 0.3) is 0 Å². The number of amides is 4. The van der Waals surface area contributed by atoms with Crippen LogP contribution >= 0.6 is 0 Å². The van der Waals surface area contributed by atoms with E-state index in [2.05, 4.69) is 46.1 Å². The number of carbonyl (C=O) groups is 5. The number of aromatic nitrogens is 4. The number of aryl methyl sites for hydroxylation is 1. The number of esters is 1. The molecule has 6 aliphatic rings. The summed E-state index contributed by atoms with van der Waals surface area (Å²) < 4.78 is 22.3. The van der Waals surface area contributed by atoms with Crippen molar-refractivity contribution < 1.29 is 33.1 Å². The highest BCUT2D eigenvalue weighted by atomic mass is 19.1. The van der Waals surface area contributed by atoms with Crippen LogP contribution in [-0.4, -0.2) is 166 Å². The molecule has 2 aromatic heterocycles. The number of benzene rings is 1. The van der Waals surface area contributed by atoms with Crippen molar-refractivity contribution in [1.82, 2.24) is 44.7 Å². The fraction of sp³-hybridized carbons (Fsp3) is 0.640. The molecule has 2 saturated carbocycles. The summed E-state index contributed by atoms with van der Waals surface area (Å²) in [5.41, 5.74) is 2.03. The number of likely N-dealkylation sites (tertiary alicyclic amines) is 1. The first kappa shape index (κ1) is 49.1. The minimum atomic E-state index is -0.588. The van der Waals surface area contributed by atoms with Gasteiger partial charge in [-0.25, -0.2) is 14.2 Å². The normalized spacial score (nSPS) is 25.3. The summed E-state index contributed by atoms with van der Waals surface area (Å²) in [6, 6.07) is 4.97. The zero-order valence-electron chi connectivity index (χ0n) is 40.8. The van der Waals surface area contributed by atoms with Crippen molar-refractivity contribution in [1.29, 1.82) is 0 Å². The van der Waals surface area contributed by atoms with E-state index in [1.54, 1.807) is 29.9 Å². The van der Waals surface area contributed by atoms with E-state index < -0.39 is 23.7 Å². The van der Waals surface area contributed by atoms with Crippen LogP contribution in [0.1, 0.15) is 94.3 Å². The molecule has 1 atom stereocenters. The summed E-state index contributed by atoms with van der Waals surface area (Å²) >= 11 is 0. The zero-order valence-corrected chi connectivity index (χ0v) is 40.8. The van der Waals surface area contributed by atoms with Gasteiger partial charge in [0.2, 0.25) is 29.6 Å². The topological polar surface area (TPSA) is 202 Å². The molecule has 70 heavy (non-hydrogen) atoms. The van der Waals surface area contributed by atoms with Gasteiger partial charge in [0.1, 0.15) is 23.2 Å². The highest BCUT2D eigenvalue weighted by Gasteiger charge is 2.37. The molecule has 1 aromatic carbocycles. The predicted molar refractivity (Wildman–Crippen MR) is 262 cm³/mol. The number of rotatable bonds is 14. The van der Waals surface area contributed by atoms with Crippen molar-refractivity contribution in [2.75, 3.05) is 99.4 Å². The maximum atomic E-state index is 15.3. The molecule has 2 aliphatic carbocycles. The van der Waals surface area contributed by atoms with Crippen LogP contribution in [0.3, 0.4) is 0 Å². The van der Waals surface area contributed by atoms with Crippen molar-refractivity contribution in [3.05, 3.63) is 48.2 Å². The third-order valence-electron chi connectivity index (χ3n) is 15.5. The molecule has 0 bridgehead atoms. The van der Waals surface area contributed by atoms with Gasteiger partial charge in [-0.05, 0) is 102 Å². The average molecular weight is 968 g/mol. The van der Waals surface area contributed by atoms with E-state index in [9.17, 15) is 24.0 Å². The number of carbonyl (C=O) groups excluding carboxylic acids is 5. The minimum Gasteiger partial charge on any atom is -0.462 e. The minimum absolute atomic E-state index is 0.0670. The molecule has 0 spiro atoms. The van der Waals surface area contributed by atoms with Crippen LogP contribution in [0.4, 0.5) is 33.2 Å². The fourth-order valence-electron chi connectivity index (χ4n) is 11.5. The molecule has 19 nitrogen and oxygen atoms in total. The number of imide groups is 1. The molecule has 6 heterocycles. The van der Waals surface area contributed by atoms with Gasteiger partial charge in [-0.3, -0.25) is 34.1 Å². The second-order valence-corrected chi connectivity index (χ2v) is 20.1. The van der Waals surface area contributed by atoms with E-state index in [0.29, 0.717) is 99.2 Å². The Labute approximate surface area is 409 Å². The van der Waals surface area contributed by atoms with Gasteiger partial charge in [0, 0.05) is 127 Å². The molecule has 4 amide bonds. The number of piperazine rings is 2. The predicted octanol–water partition coefficient (Wildman–Crippen LogP) is 4.22. The number of anilines is 5.